The van der Waals surface area contributed by atoms with Crippen LogP contribution in [-0.2, 0) is 14.3 Å². The highest BCUT2D eigenvalue weighted by atomic mass is 16.5. The number of fused-ring (bicyclic) bond motifs is 5. The number of methoxy groups -OCH3 is 1. The first-order valence-electron chi connectivity index (χ1n) is 11.3. The lowest BCUT2D eigenvalue weighted by molar-refractivity contribution is -0.183. The third-order valence-electron chi connectivity index (χ3n) is 9.51. The Kier molecular flexibility index (Phi) is 5.35. The molecule has 0 bridgehead atoms. The van der Waals surface area contributed by atoms with E-state index >= 15 is 0 Å². The van der Waals surface area contributed by atoms with Gasteiger partial charge in [-0.1, -0.05) is 19.9 Å². The fraction of sp³-hybridized carbons (Fsp3) is 0.792. The van der Waals surface area contributed by atoms with Crippen LogP contribution < -0.4 is 0 Å². The van der Waals surface area contributed by atoms with E-state index in [-0.39, 0.29) is 57.7 Å². The number of aliphatic hydroxyl groups is 2. The number of allylic oxidation sites excluding steroid dienone is 2. The average molecular weight is 416 g/mol. The van der Waals surface area contributed by atoms with Crippen LogP contribution >= 0.6 is 0 Å². The number of ether oxygens (including phenoxy) is 1. The molecule has 4 rings (SSSR count). The van der Waals surface area contributed by atoms with Crippen molar-refractivity contribution >= 4 is 11.8 Å². The van der Waals surface area contributed by atoms with E-state index in [1.165, 1.54) is 7.11 Å². The van der Waals surface area contributed by atoms with Crippen molar-refractivity contribution < 1.29 is 24.5 Å². The van der Waals surface area contributed by atoms with Crippen molar-refractivity contribution in [2.24, 2.45) is 40.4 Å². The summed E-state index contributed by atoms with van der Waals surface area (Å²) in [5, 5.41) is 32.0. The lowest BCUT2D eigenvalue weighted by Gasteiger charge is -2.61. The second-order valence-electron chi connectivity index (χ2n) is 10.5. The fourth-order valence-electron chi connectivity index (χ4n) is 7.77. The molecule has 9 atom stereocenters. The fourth-order valence-corrected chi connectivity index (χ4v) is 7.77. The van der Waals surface area contributed by atoms with Crippen molar-refractivity contribution in [3.63, 3.8) is 0 Å². The third kappa shape index (κ3) is 2.97. The molecule has 6 nitrogen and oxygen atoms in total. The Bertz CT molecular complexity index is 815. The molecule has 0 aromatic carbocycles. The van der Waals surface area contributed by atoms with Gasteiger partial charge in [0.15, 0.2) is 5.78 Å². The molecule has 6 heteroatoms. The minimum Gasteiger partial charge on any atom is -0.469 e. The van der Waals surface area contributed by atoms with Gasteiger partial charge in [0, 0.05) is 12.8 Å². The summed E-state index contributed by atoms with van der Waals surface area (Å²) in [7, 11) is 1.40. The minimum absolute atomic E-state index is 0.00595. The molecule has 1 unspecified atom stereocenters. The molecule has 30 heavy (non-hydrogen) atoms. The molecule has 0 aromatic rings. The first-order valence-corrected chi connectivity index (χ1v) is 11.3. The molecule has 4 aliphatic carbocycles. The average Bonchev–Trinajstić information content (AvgIpc) is 3.05. The zero-order valence-electron chi connectivity index (χ0n) is 18.1. The van der Waals surface area contributed by atoms with Gasteiger partial charge in [0.1, 0.15) is 6.07 Å². The van der Waals surface area contributed by atoms with Gasteiger partial charge in [-0.3, -0.25) is 9.59 Å². The van der Waals surface area contributed by atoms with Crippen molar-refractivity contribution in [1.82, 2.24) is 0 Å². The summed E-state index contributed by atoms with van der Waals surface area (Å²) in [5.41, 5.74) is -0.477. The molecule has 2 N–H and O–H groups in total. The van der Waals surface area contributed by atoms with E-state index in [0.717, 1.165) is 12.8 Å². The van der Waals surface area contributed by atoms with Crippen LogP contribution in [0, 0.1) is 51.8 Å². The number of nitrogens with zero attached hydrogens (tertiary/aromatic N) is 1. The SMILES string of the molecule is COC(=O)CCC1CC[C@H]2[C@@H]3[C@H](O)C[C@@H]4CC(=O)C(C#N)=C[C@]4(C)[C@H]3C[C@H](O)[C@]12C. The van der Waals surface area contributed by atoms with Gasteiger partial charge in [-0.25, -0.2) is 0 Å². The summed E-state index contributed by atoms with van der Waals surface area (Å²) in [6.07, 6.45) is 5.13. The molecule has 0 amide bonds. The molecular weight excluding hydrogens is 382 g/mol. The molecule has 0 spiro atoms. The summed E-state index contributed by atoms with van der Waals surface area (Å²) in [6, 6.07) is 2.07. The first kappa shape index (κ1) is 21.5. The number of carbonyl (C=O) groups is 2. The number of esters is 1. The van der Waals surface area contributed by atoms with E-state index in [1.54, 1.807) is 0 Å². The third-order valence-corrected chi connectivity index (χ3v) is 9.51. The zero-order chi connectivity index (χ0) is 21.8. The van der Waals surface area contributed by atoms with Gasteiger partial charge in [0.05, 0.1) is 24.9 Å². The van der Waals surface area contributed by atoms with Crippen molar-refractivity contribution in [2.75, 3.05) is 7.11 Å². The number of carbonyl (C=O) groups excluding carboxylic acids is 2. The molecule has 0 saturated heterocycles. The number of hydrogen-bond acceptors (Lipinski definition) is 6. The van der Waals surface area contributed by atoms with Crippen LogP contribution in [0.2, 0.25) is 0 Å². The van der Waals surface area contributed by atoms with Crippen LogP contribution in [0.5, 0.6) is 0 Å². The molecular formula is C24H33NO5. The number of ketones is 1. The Morgan fingerprint density at radius 3 is 2.67 bits per heavy atom. The topological polar surface area (TPSA) is 108 Å². The number of aliphatic hydroxyl groups excluding tert-OH is 2. The van der Waals surface area contributed by atoms with E-state index in [0.29, 0.717) is 32.1 Å². The number of Topliss-reactive ketones (excluding diaryl/α,β-unsaturated/α-hetero) is 1. The lowest BCUT2D eigenvalue weighted by atomic mass is 9.44. The molecule has 4 aliphatic rings. The normalized spacial score (nSPS) is 47.4. The van der Waals surface area contributed by atoms with E-state index in [9.17, 15) is 25.1 Å². The van der Waals surface area contributed by atoms with Gasteiger partial charge in [0.25, 0.3) is 0 Å². The molecule has 3 fully saturated rings. The van der Waals surface area contributed by atoms with Gasteiger partial charge >= 0.3 is 5.97 Å². The summed E-state index contributed by atoms with van der Waals surface area (Å²) < 4.78 is 4.81. The quantitative estimate of drug-likeness (QED) is 0.686. The highest BCUT2D eigenvalue weighted by molar-refractivity contribution is 6.00. The molecule has 3 saturated carbocycles. The highest BCUT2D eigenvalue weighted by Gasteiger charge is 2.65. The maximum atomic E-state index is 12.3. The lowest BCUT2D eigenvalue weighted by Crippen LogP contribution is -2.61. The van der Waals surface area contributed by atoms with Gasteiger partial charge < -0.3 is 14.9 Å². The van der Waals surface area contributed by atoms with Crippen LogP contribution in [-0.4, -0.2) is 41.3 Å². The highest BCUT2D eigenvalue weighted by Crippen LogP contribution is 2.67. The van der Waals surface area contributed by atoms with E-state index in [1.807, 2.05) is 6.08 Å². The molecule has 0 aromatic heterocycles. The Balaban J connectivity index is 1.67. The van der Waals surface area contributed by atoms with E-state index in [4.69, 9.17) is 4.74 Å². The number of rotatable bonds is 3. The van der Waals surface area contributed by atoms with E-state index < -0.39 is 12.2 Å². The van der Waals surface area contributed by atoms with Gasteiger partial charge in [-0.05, 0) is 72.5 Å². The summed E-state index contributed by atoms with van der Waals surface area (Å²) in [6.45, 7) is 4.25. The zero-order valence-corrected chi connectivity index (χ0v) is 18.1. The Labute approximate surface area is 178 Å². The molecule has 0 radical (unpaired) electrons. The Hall–Kier alpha value is -1.71. The predicted molar refractivity (Wildman–Crippen MR) is 109 cm³/mol. The van der Waals surface area contributed by atoms with Gasteiger partial charge in [-0.15, -0.1) is 0 Å². The van der Waals surface area contributed by atoms with Crippen molar-refractivity contribution in [1.29, 1.82) is 5.26 Å². The van der Waals surface area contributed by atoms with Crippen LogP contribution in [0.25, 0.3) is 0 Å². The second-order valence-corrected chi connectivity index (χ2v) is 10.5. The first-order chi connectivity index (χ1) is 14.2. The molecule has 0 aliphatic heterocycles. The van der Waals surface area contributed by atoms with Crippen LogP contribution in [0.15, 0.2) is 11.6 Å². The van der Waals surface area contributed by atoms with Crippen molar-refractivity contribution in [3.05, 3.63) is 11.6 Å². The maximum absolute atomic E-state index is 12.3. The largest absolute Gasteiger partial charge is 0.469 e. The number of nitriles is 1. The maximum Gasteiger partial charge on any atom is 0.305 e. The number of hydrogen-bond donors (Lipinski definition) is 2. The van der Waals surface area contributed by atoms with Crippen LogP contribution in [0.4, 0.5) is 0 Å². The monoisotopic (exact) mass is 415 g/mol. The summed E-state index contributed by atoms with van der Waals surface area (Å²) in [5.74, 6) is 0.107. The minimum atomic E-state index is -0.534. The van der Waals surface area contributed by atoms with Crippen molar-refractivity contribution in [2.45, 2.75) is 71.0 Å². The molecule has 0 heterocycles. The van der Waals surface area contributed by atoms with E-state index in [2.05, 4.69) is 19.9 Å². The predicted octanol–water partition coefficient (Wildman–Crippen LogP) is 2.78. The standard InChI is InChI=1S/C24H33NO5/c1-23-11-13(12-25)18(26)8-15(23)9-19(27)22-16-6-4-14(5-7-21(29)30-3)24(16,2)20(28)10-17(22)23/h11,14-17,19-20,22,27-28H,4-10H2,1-3H3/t14?,15-,16-,17-,19+,20-,22-,23-,24+/m0/s1. The smallest absolute Gasteiger partial charge is 0.305 e. The summed E-state index contributed by atoms with van der Waals surface area (Å²) in [4.78, 5) is 24.0. The summed E-state index contributed by atoms with van der Waals surface area (Å²) >= 11 is 0. The van der Waals surface area contributed by atoms with Gasteiger partial charge in [-0.2, -0.15) is 5.26 Å². The van der Waals surface area contributed by atoms with Crippen molar-refractivity contribution in [3.8, 4) is 6.07 Å². The second kappa shape index (κ2) is 7.46. The van der Waals surface area contributed by atoms with Crippen LogP contribution in [0.3, 0.4) is 0 Å². The van der Waals surface area contributed by atoms with Gasteiger partial charge in [0.2, 0.25) is 0 Å². The Morgan fingerprint density at radius 2 is 2.00 bits per heavy atom. The Morgan fingerprint density at radius 1 is 1.27 bits per heavy atom. The molecule has 164 valence electrons. The van der Waals surface area contributed by atoms with Crippen LogP contribution in [0.1, 0.15) is 58.8 Å².